The minimum atomic E-state index is 0.735. The molecular formula is C14H30N2O. The maximum absolute atomic E-state index is 5.68. The highest BCUT2D eigenvalue weighted by molar-refractivity contribution is 4.78. The molecule has 0 aromatic heterocycles. The van der Waals surface area contributed by atoms with E-state index in [0.717, 1.165) is 32.3 Å². The molecule has 0 aromatic carbocycles. The summed E-state index contributed by atoms with van der Waals surface area (Å²) < 4.78 is 5.68. The van der Waals surface area contributed by atoms with Gasteiger partial charge in [-0.3, -0.25) is 4.90 Å². The molecule has 1 heterocycles. The molecule has 17 heavy (non-hydrogen) atoms. The van der Waals surface area contributed by atoms with Gasteiger partial charge in [-0.15, -0.1) is 0 Å². The number of unbranched alkanes of at least 4 members (excludes halogenated alkanes) is 1. The lowest BCUT2D eigenvalue weighted by Crippen LogP contribution is -2.47. The van der Waals surface area contributed by atoms with Gasteiger partial charge in [0.05, 0.1) is 6.61 Å². The van der Waals surface area contributed by atoms with Crippen LogP contribution in [0.2, 0.25) is 0 Å². The average Bonchev–Trinajstić information content (AvgIpc) is 2.38. The van der Waals surface area contributed by atoms with E-state index in [-0.39, 0.29) is 0 Å². The predicted molar refractivity (Wildman–Crippen MR) is 73.5 cm³/mol. The lowest BCUT2D eigenvalue weighted by Gasteiger charge is -2.34. The quantitative estimate of drug-likeness (QED) is 0.628. The fourth-order valence-corrected chi connectivity index (χ4v) is 2.44. The Morgan fingerprint density at radius 2 is 2.06 bits per heavy atom. The molecule has 1 saturated heterocycles. The van der Waals surface area contributed by atoms with E-state index < -0.39 is 0 Å². The number of hydrogen-bond donors (Lipinski definition) is 1. The van der Waals surface area contributed by atoms with Gasteiger partial charge >= 0.3 is 0 Å². The third kappa shape index (κ3) is 6.39. The van der Waals surface area contributed by atoms with Gasteiger partial charge < -0.3 is 10.1 Å². The standard InChI is InChI=1S/C14H30N2O/c1-3-5-11-17-12-10-16(9-4-2)14-7-6-8-15-13-14/h14-15H,3-13H2,1-2H3. The molecule has 0 bridgehead atoms. The van der Waals surface area contributed by atoms with Gasteiger partial charge in [0.25, 0.3) is 0 Å². The summed E-state index contributed by atoms with van der Waals surface area (Å²) in [5.41, 5.74) is 0. The lowest BCUT2D eigenvalue weighted by atomic mass is 10.1. The molecule has 1 aliphatic rings. The van der Waals surface area contributed by atoms with Crippen LogP contribution in [0.25, 0.3) is 0 Å². The second-order valence-corrected chi connectivity index (χ2v) is 5.00. The Morgan fingerprint density at radius 3 is 2.71 bits per heavy atom. The highest BCUT2D eigenvalue weighted by Crippen LogP contribution is 2.10. The Hall–Kier alpha value is -0.120. The minimum absolute atomic E-state index is 0.735. The van der Waals surface area contributed by atoms with Crippen LogP contribution in [0.5, 0.6) is 0 Å². The molecule has 3 nitrogen and oxygen atoms in total. The predicted octanol–water partition coefficient (Wildman–Crippen LogP) is 2.27. The molecule has 0 spiro atoms. The van der Waals surface area contributed by atoms with Crippen molar-refractivity contribution in [2.45, 2.75) is 52.0 Å². The average molecular weight is 242 g/mol. The highest BCUT2D eigenvalue weighted by Gasteiger charge is 2.19. The van der Waals surface area contributed by atoms with Crippen molar-refractivity contribution in [1.82, 2.24) is 10.2 Å². The Kier molecular flexibility index (Phi) is 8.67. The molecule has 0 amide bonds. The molecule has 1 fully saturated rings. The van der Waals surface area contributed by atoms with Gasteiger partial charge in [-0.2, -0.15) is 0 Å². The summed E-state index contributed by atoms with van der Waals surface area (Å²) >= 11 is 0. The lowest BCUT2D eigenvalue weighted by molar-refractivity contribution is 0.0782. The van der Waals surface area contributed by atoms with E-state index >= 15 is 0 Å². The topological polar surface area (TPSA) is 24.5 Å². The second-order valence-electron chi connectivity index (χ2n) is 5.00. The summed E-state index contributed by atoms with van der Waals surface area (Å²) in [5.74, 6) is 0. The van der Waals surface area contributed by atoms with Crippen molar-refractivity contribution in [1.29, 1.82) is 0 Å². The molecule has 0 aromatic rings. The molecule has 1 aliphatic heterocycles. The van der Waals surface area contributed by atoms with E-state index in [1.165, 1.54) is 45.2 Å². The molecule has 3 heteroatoms. The van der Waals surface area contributed by atoms with Crippen LogP contribution in [0.3, 0.4) is 0 Å². The Bertz CT molecular complexity index is 170. The van der Waals surface area contributed by atoms with Gasteiger partial charge in [-0.25, -0.2) is 0 Å². The normalized spacial score (nSPS) is 21.0. The largest absolute Gasteiger partial charge is 0.380 e. The van der Waals surface area contributed by atoms with Crippen molar-refractivity contribution in [3.05, 3.63) is 0 Å². The minimum Gasteiger partial charge on any atom is -0.380 e. The number of nitrogens with zero attached hydrogens (tertiary/aromatic N) is 1. The number of nitrogens with one attached hydrogen (secondary N) is 1. The first-order chi connectivity index (χ1) is 8.38. The van der Waals surface area contributed by atoms with Crippen LogP contribution in [0.15, 0.2) is 0 Å². The number of ether oxygens (including phenoxy) is 1. The maximum atomic E-state index is 5.68. The first-order valence-electron chi connectivity index (χ1n) is 7.41. The van der Waals surface area contributed by atoms with Crippen molar-refractivity contribution in [3.8, 4) is 0 Å². The van der Waals surface area contributed by atoms with E-state index in [1.807, 2.05) is 0 Å². The third-order valence-corrected chi connectivity index (χ3v) is 3.46. The molecular weight excluding hydrogens is 212 g/mol. The van der Waals surface area contributed by atoms with Gasteiger partial charge in [0.15, 0.2) is 0 Å². The number of piperidine rings is 1. The van der Waals surface area contributed by atoms with Gasteiger partial charge in [0.1, 0.15) is 0 Å². The van der Waals surface area contributed by atoms with Gasteiger partial charge in [0, 0.05) is 25.7 Å². The fourth-order valence-electron chi connectivity index (χ4n) is 2.44. The van der Waals surface area contributed by atoms with Crippen molar-refractivity contribution in [2.24, 2.45) is 0 Å². The van der Waals surface area contributed by atoms with E-state index in [1.54, 1.807) is 0 Å². The maximum Gasteiger partial charge on any atom is 0.0593 e. The van der Waals surface area contributed by atoms with E-state index in [0.29, 0.717) is 0 Å². The van der Waals surface area contributed by atoms with Gasteiger partial charge in [-0.1, -0.05) is 20.3 Å². The summed E-state index contributed by atoms with van der Waals surface area (Å²) in [6, 6.07) is 0.735. The summed E-state index contributed by atoms with van der Waals surface area (Å²) in [5, 5.41) is 3.50. The second kappa shape index (κ2) is 9.86. The van der Waals surface area contributed by atoms with Crippen molar-refractivity contribution in [3.63, 3.8) is 0 Å². The van der Waals surface area contributed by atoms with Crippen LogP contribution in [-0.2, 0) is 4.74 Å². The van der Waals surface area contributed by atoms with Crippen molar-refractivity contribution < 1.29 is 4.74 Å². The van der Waals surface area contributed by atoms with Crippen LogP contribution in [-0.4, -0.2) is 50.3 Å². The van der Waals surface area contributed by atoms with Crippen LogP contribution in [0.1, 0.15) is 46.0 Å². The zero-order chi connectivity index (χ0) is 12.3. The SMILES string of the molecule is CCCCOCCN(CCC)C1CCCNC1. The van der Waals surface area contributed by atoms with Crippen molar-refractivity contribution in [2.75, 3.05) is 39.4 Å². The smallest absolute Gasteiger partial charge is 0.0593 e. The van der Waals surface area contributed by atoms with Gasteiger partial charge in [0.2, 0.25) is 0 Å². The highest BCUT2D eigenvalue weighted by atomic mass is 16.5. The third-order valence-electron chi connectivity index (χ3n) is 3.46. The molecule has 0 saturated carbocycles. The summed E-state index contributed by atoms with van der Waals surface area (Å²) in [4.78, 5) is 2.61. The first-order valence-corrected chi connectivity index (χ1v) is 7.41. The first kappa shape index (κ1) is 14.9. The zero-order valence-corrected chi connectivity index (χ0v) is 11.7. The number of rotatable bonds is 9. The molecule has 1 atom stereocenters. The van der Waals surface area contributed by atoms with Crippen LogP contribution in [0.4, 0.5) is 0 Å². The Balaban J connectivity index is 2.17. The van der Waals surface area contributed by atoms with Gasteiger partial charge in [-0.05, 0) is 38.8 Å². The van der Waals surface area contributed by atoms with Crippen LogP contribution >= 0.6 is 0 Å². The van der Waals surface area contributed by atoms with Crippen molar-refractivity contribution >= 4 is 0 Å². The molecule has 0 aliphatic carbocycles. The fraction of sp³-hybridized carbons (Fsp3) is 1.00. The molecule has 1 N–H and O–H groups in total. The Morgan fingerprint density at radius 1 is 1.18 bits per heavy atom. The molecule has 102 valence electrons. The Labute approximate surface area is 107 Å². The monoisotopic (exact) mass is 242 g/mol. The molecule has 1 rings (SSSR count). The summed E-state index contributed by atoms with van der Waals surface area (Å²) in [6.45, 7) is 11.0. The zero-order valence-electron chi connectivity index (χ0n) is 11.7. The summed E-state index contributed by atoms with van der Waals surface area (Å²) in [6.07, 6.45) is 6.33. The van der Waals surface area contributed by atoms with Crippen LogP contribution in [0, 0.1) is 0 Å². The van der Waals surface area contributed by atoms with Crippen LogP contribution < -0.4 is 5.32 Å². The number of hydrogen-bond acceptors (Lipinski definition) is 3. The molecule has 0 radical (unpaired) electrons. The van der Waals surface area contributed by atoms with E-state index in [2.05, 4.69) is 24.1 Å². The van der Waals surface area contributed by atoms with E-state index in [9.17, 15) is 0 Å². The molecule has 1 unspecified atom stereocenters. The van der Waals surface area contributed by atoms with E-state index in [4.69, 9.17) is 4.74 Å². The summed E-state index contributed by atoms with van der Waals surface area (Å²) in [7, 11) is 0.